The summed E-state index contributed by atoms with van der Waals surface area (Å²) in [7, 11) is 0. The van der Waals surface area contributed by atoms with Gasteiger partial charge in [-0.15, -0.1) is 0 Å². The Hall–Kier alpha value is -1.92. The Morgan fingerprint density at radius 2 is 2.23 bits per heavy atom. The highest BCUT2D eigenvalue weighted by Crippen LogP contribution is 2.22. The van der Waals surface area contributed by atoms with Crippen molar-refractivity contribution in [2.24, 2.45) is 16.5 Å². The number of carbonyl (C=O) groups excluding carboxylic acids is 1. The zero-order valence-corrected chi connectivity index (χ0v) is 13.0. The summed E-state index contributed by atoms with van der Waals surface area (Å²) in [5, 5.41) is 3.11. The van der Waals surface area contributed by atoms with Crippen molar-refractivity contribution in [3.63, 3.8) is 0 Å². The summed E-state index contributed by atoms with van der Waals surface area (Å²) in [6.07, 6.45) is 0.838. The maximum absolute atomic E-state index is 13.3. The molecule has 0 spiro atoms. The quantitative estimate of drug-likeness (QED) is 0.732. The van der Waals surface area contributed by atoms with Crippen LogP contribution in [0.2, 0.25) is 5.02 Å². The fourth-order valence-electron chi connectivity index (χ4n) is 2.30. The topological polar surface area (TPSA) is 93.5 Å². The minimum absolute atomic E-state index is 0.0700. The number of nitrogens with zero attached hydrogens (tertiary/aromatic N) is 1. The second kappa shape index (κ2) is 6.89. The number of aliphatic imine (C=N–C) groups is 1. The molecule has 1 unspecified atom stereocenters. The lowest BCUT2D eigenvalue weighted by molar-refractivity contribution is -0.114. The standard InChI is InChI=1S/C15H18ClFN4O/c1-2-9-6-20-7-12(21-9)13(15(19)22)14(18)8-3-4-11(17)10(16)5-8/h3-5,9,20H,2,6-7,18H2,1H3,(H2,19,22). The van der Waals surface area contributed by atoms with Gasteiger partial charge in [0.25, 0.3) is 5.91 Å². The maximum Gasteiger partial charge on any atom is 0.252 e. The van der Waals surface area contributed by atoms with Crippen LogP contribution in [0.3, 0.4) is 0 Å². The van der Waals surface area contributed by atoms with Crippen LogP contribution in [0.15, 0.2) is 28.8 Å². The molecule has 7 heteroatoms. The van der Waals surface area contributed by atoms with E-state index in [9.17, 15) is 9.18 Å². The van der Waals surface area contributed by atoms with E-state index < -0.39 is 11.7 Å². The molecule has 5 N–H and O–H groups in total. The van der Waals surface area contributed by atoms with Gasteiger partial charge in [-0.05, 0) is 30.2 Å². The minimum atomic E-state index is -0.671. The van der Waals surface area contributed by atoms with Crippen LogP contribution in [0.4, 0.5) is 4.39 Å². The van der Waals surface area contributed by atoms with E-state index in [-0.39, 0.29) is 22.3 Å². The lowest BCUT2D eigenvalue weighted by Crippen LogP contribution is -2.40. The summed E-state index contributed by atoms with van der Waals surface area (Å²) in [6, 6.07) is 4.08. The minimum Gasteiger partial charge on any atom is -0.398 e. The first kappa shape index (κ1) is 16.5. The number of benzene rings is 1. The predicted octanol–water partition coefficient (Wildman–Crippen LogP) is 1.46. The molecule has 0 aliphatic carbocycles. The van der Waals surface area contributed by atoms with Gasteiger partial charge in [-0.1, -0.05) is 18.5 Å². The summed E-state index contributed by atoms with van der Waals surface area (Å²) < 4.78 is 13.3. The summed E-state index contributed by atoms with van der Waals surface area (Å²) in [5.74, 6) is -1.23. The highest BCUT2D eigenvalue weighted by molar-refractivity contribution is 6.31. The molecule has 1 amide bonds. The van der Waals surface area contributed by atoms with Crippen molar-refractivity contribution in [3.05, 3.63) is 40.2 Å². The van der Waals surface area contributed by atoms with Gasteiger partial charge in [0.05, 0.1) is 28.0 Å². The first-order chi connectivity index (χ1) is 10.4. The van der Waals surface area contributed by atoms with Crippen molar-refractivity contribution in [2.45, 2.75) is 19.4 Å². The van der Waals surface area contributed by atoms with Gasteiger partial charge in [-0.3, -0.25) is 9.79 Å². The molecule has 0 aromatic heterocycles. The van der Waals surface area contributed by atoms with E-state index in [1.54, 1.807) is 0 Å². The van der Waals surface area contributed by atoms with Crippen molar-refractivity contribution in [1.82, 2.24) is 5.32 Å². The highest BCUT2D eigenvalue weighted by atomic mass is 35.5. The second-order valence-electron chi connectivity index (χ2n) is 5.05. The molecule has 118 valence electrons. The van der Waals surface area contributed by atoms with Gasteiger partial charge in [0.1, 0.15) is 5.82 Å². The monoisotopic (exact) mass is 324 g/mol. The van der Waals surface area contributed by atoms with E-state index in [0.29, 0.717) is 17.8 Å². The number of hydrogen-bond acceptors (Lipinski definition) is 4. The normalized spacial score (nSPS) is 19.4. The molecule has 1 aliphatic rings. The molecule has 1 aliphatic heterocycles. The Kier molecular flexibility index (Phi) is 5.15. The van der Waals surface area contributed by atoms with Gasteiger partial charge < -0.3 is 16.8 Å². The van der Waals surface area contributed by atoms with Crippen LogP contribution < -0.4 is 16.8 Å². The van der Waals surface area contributed by atoms with Gasteiger partial charge >= 0.3 is 0 Å². The second-order valence-corrected chi connectivity index (χ2v) is 5.46. The van der Waals surface area contributed by atoms with Gasteiger partial charge in [0, 0.05) is 13.1 Å². The number of amides is 1. The number of nitrogens with two attached hydrogens (primary N) is 2. The van der Waals surface area contributed by atoms with Crippen LogP contribution in [-0.4, -0.2) is 30.8 Å². The number of hydrogen-bond donors (Lipinski definition) is 3. The van der Waals surface area contributed by atoms with Gasteiger partial charge in [0.2, 0.25) is 0 Å². The van der Waals surface area contributed by atoms with Crippen LogP contribution in [0.5, 0.6) is 0 Å². The Bertz CT molecular complexity index is 657. The number of nitrogens with one attached hydrogen (secondary N) is 1. The molecule has 0 saturated heterocycles. The van der Waals surface area contributed by atoms with Gasteiger partial charge in [-0.25, -0.2) is 4.39 Å². The maximum atomic E-state index is 13.3. The largest absolute Gasteiger partial charge is 0.398 e. The van der Waals surface area contributed by atoms with Crippen LogP contribution in [-0.2, 0) is 4.79 Å². The summed E-state index contributed by atoms with van der Waals surface area (Å²) in [6.45, 7) is 3.16. The fraction of sp³-hybridized carbons (Fsp3) is 0.333. The Balaban J connectivity index is 2.51. The molecule has 0 bridgehead atoms. The predicted molar refractivity (Wildman–Crippen MR) is 86.1 cm³/mol. The number of primary amides is 1. The SMILES string of the molecule is CCC1CNCC(C(C(N)=O)=C(N)c2ccc(F)c(Cl)c2)=N1. The van der Waals surface area contributed by atoms with Crippen molar-refractivity contribution in [1.29, 1.82) is 0 Å². The van der Waals surface area contributed by atoms with Crippen molar-refractivity contribution in [2.75, 3.05) is 13.1 Å². The average molecular weight is 325 g/mol. The smallest absolute Gasteiger partial charge is 0.252 e. The number of rotatable bonds is 4. The third-order valence-corrected chi connectivity index (χ3v) is 3.81. The van der Waals surface area contributed by atoms with Gasteiger partial charge in [-0.2, -0.15) is 0 Å². The molecule has 0 saturated carbocycles. The molecular weight excluding hydrogens is 307 g/mol. The van der Waals surface area contributed by atoms with Gasteiger partial charge in [0.15, 0.2) is 0 Å². The van der Waals surface area contributed by atoms with E-state index in [1.807, 2.05) is 6.92 Å². The van der Waals surface area contributed by atoms with Crippen molar-refractivity contribution < 1.29 is 9.18 Å². The molecule has 5 nitrogen and oxygen atoms in total. The zero-order valence-electron chi connectivity index (χ0n) is 12.2. The van der Waals surface area contributed by atoms with E-state index in [2.05, 4.69) is 10.3 Å². The Labute approximate surface area is 133 Å². The molecule has 2 rings (SSSR count). The first-order valence-electron chi connectivity index (χ1n) is 6.96. The van der Waals surface area contributed by atoms with Crippen molar-refractivity contribution >= 4 is 28.9 Å². The lowest BCUT2D eigenvalue weighted by Gasteiger charge is -2.22. The van der Waals surface area contributed by atoms with E-state index in [4.69, 9.17) is 23.1 Å². The molecule has 1 aromatic carbocycles. The summed E-state index contributed by atoms with van der Waals surface area (Å²) in [4.78, 5) is 16.3. The summed E-state index contributed by atoms with van der Waals surface area (Å²) >= 11 is 5.76. The average Bonchev–Trinajstić information content (AvgIpc) is 2.50. The number of carbonyl (C=O) groups is 1. The van der Waals surface area contributed by atoms with E-state index in [1.165, 1.54) is 18.2 Å². The van der Waals surface area contributed by atoms with E-state index >= 15 is 0 Å². The van der Waals surface area contributed by atoms with E-state index in [0.717, 1.165) is 13.0 Å². The molecular formula is C15H18ClFN4O. The molecule has 0 radical (unpaired) electrons. The molecule has 1 aromatic rings. The van der Waals surface area contributed by atoms with Crippen molar-refractivity contribution in [3.8, 4) is 0 Å². The van der Waals surface area contributed by atoms with Crippen LogP contribution in [0.1, 0.15) is 18.9 Å². The fourth-order valence-corrected chi connectivity index (χ4v) is 2.48. The van der Waals surface area contributed by atoms with Crippen LogP contribution >= 0.6 is 11.6 Å². The molecule has 22 heavy (non-hydrogen) atoms. The van der Waals surface area contributed by atoms with Crippen LogP contribution in [0, 0.1) is 5.82 Å². The third-order valence-electron chi connectivity index (χ3n) is 3.52. The molecule has 1 atom stereocenters. The highest BCUT2D eigenvalue weighted by Gasteiger charge is 2.22. The first-order valence-corrected chi connectivity index (χ1v) is 7.34. The third kappa shape index (κ3) is 3.45. The Morgan fingerprint density at radius 3 is 2.82 bits per heavy atom. The molecule has 1 heterocycles. The summed E-state index contributed by atoms with van der Waals surface area (Å²) in [5.41, 5.74) is 12.8. The lowest BCUT2D eigenvalue weighted by atomic mass is 10.00. The van der Waals surface area contributed by atoms with Crippen LogP contribution in [0.25, 0.3) is 5.70 Å². The number of halogens is 2. The zero-order chi connectivity index (χ0) is 16.3. The molecule has 0 fully saturated rings. The Morgan fingerprint density at radius 1 is 1.50 bits per heavy atom.